The first-order valence-corrected chi connectivity index (χ1v) is 12.3. The Morgan fingerprint density at radius 2 is 1.46 bits per heavy atom. The van der Waals surface area contributed by atoms with Crippen LogP contribution in [0, 0.1) is 0 Å². The quantitative estimate of drug-likeness (QED) is 0.156. The third-order valence-electron chi connectivity index (χ3n) is 6.08. The van der Waals surface area contributed by atoms with Gasteiger partial charge < -0.3 is 29.0 Å². The Balaban J connectivity index is 0.00000420. The van der Waals surface area contributed by atoms with Gasteiger partial charge in [0.1, 0.15) is 11.0 Å². The van der Waals surface area contributed by atoms with Crippen molar-refractivity contribution in [2.75, 3.05) is 40.3 Å². The van der Waals surface area contributed by atoms with Crippen LogP contribution in [0.2, 0.25) is 0 Å². The van der Waals surface area contributed by atoms with Crippen LogP contribution in [0.25, 0.3) is 16.6 Å². The number of carbonyl (C=O) groups excluding carboxylic acids is 2. The third-order valence-corrected chi connectivity index (χ3v) is 6.64. The van der Waals surface area contributed by atoms with Gasteiger partial charge >= 0.3 is 29.6 Å². The maximum absolute atomic E-state index is 14.1. The van der Waals surface area contributed by atoms with Crippen LogP contribution in [-0.4, -0.2) is 55.9 Å². The fourth-order valence-corrected chi connectivity index (χ4v) is 4.65. The number of ketones is 1. The number of Topliss-reactive ketones (excluding diaryl/α,β-unsaturated/α-hetero) is 1. The molecule has 11 heteroatoms. The number of fused-ring (bicyclic) bond motifs is 1. The van der Waals surface area contributed by atoms with E-state index in [-0.39, 0.29) is 64.2 Å². The molecule has 0 spiro atoms. The van der Waals surface area contributed by atoms with E-state index in [2.05, 4.69) is 8.75 Å². The summed E-state index contributed by atoms with van der Waals surface area (Å²) in [5, 5.41) is 12.6. The van der Waals surface area contributed by atoms with Crippen LogP contribution in [0.1, 0.15) is 21.5 Å². The molecule has 0 radical (unpaired) electrons. The third kappa shape index (κ3) is 6.42. The van der Waals surface area contributed by atoms with Gasteiger partial charge in [-0.05, 0) is 47.5 Å². The van der Waals surface area contributed by atoms with Gasteiger partial charge in [0.2, 0.25) is 5.75 Å². The smallest absolute Gasteiger partial charge is 0.545 e. The second kappa shape index (κ2) is 13.1. The van der Waals surface area contributed by atoms with Crippen molar-refractivity contribution < 1.29 is 58.5 Å². The predicted octanol–water partition coefficient (Wildman–Crippen LogP) is 0.416. The topological polar surface area (TPSA) is 114 Å². The van der Waals surface area contributed by atoms with Crippen molar-refractivity contribution in [2.45, 2.75) is 6.42 Å². The molecule has 0 aliphatic rings. The van der Waals surface area contributed by atoms with Crippen LogP contribution in [0.3, 0.4) is 0 Å². The standard InChI is InChI=1S/C28H27N3O6S.Na/c1-31(2)19-9-6-16(7-10-19)12-20(25(28(33)34)17-8-11-21-22(13-17)30-38-29-21)26(32)18-14-23(35-3)27(37-5)24(15-18)36-4;/h6-11,13-15H,12H2,1-5H3,(H,33,34);/q;+1/p-1. The van der Waals surface area contributed by atoms with E-state index in [9.17, 15) is 14.7 Å². The van der Waals surface area contributed by atoms with Crippen molar-refractivity contribution in [2.24, 2.45) is 0 Å². The minimum Gasteiger partial charge on any atom is -0.545 e. The molecule has 1 aromatic heterocycles. The number of anilines is 1. The van der Waals surface area contributed by atoms with Crippen LogP contribution in [-0.2, 0) is 11.2 Å². The maximum Gasteiger partial charge on any atom is 1.00 e. The van der Waals surface area contributed by atoms with Gasteiger partial charge in [-0.25, -0.2) is 0 Å². The molecular formula is C28H26N3NaO6S. The monoisotopic (exact) mass is 555 g/mol. The molecule has 196 valence electrons. The van der Waals surface area contributed by atoms with Gasteiger partial charge in [0.15, 0.2) is 17.3 Å². The second-order valence-electron chi connectivity index (χ2n) is 8.59. The average Bonchev–Trinajstić information content (AvgIpc) is 3.39. The number of allylic oxidation sites excluding steroid dienone is 1. The molecule has 39 heavy (non-hydrogen) atoms. The zero-order valence-corrected chi connectivity index (χ0v) is 25.4. The van der Waals surface area contributed by atoms with Crippen molar-refractivity contribution in [3.63, 3.8) is 0 Å². The Labute approximate surface area is 252 Å². The Morgan fingerprint density at radius 3 is 2.00 bits per heavy atom. The summed E-state index contributed by atoms with van der Waals surface area (Å²) in [7, 11) is 8.19. The van der Waals surface area contributed by atoms with Crippen molar-refractivity contribution in [3.8, 4) is 17.2 Å². The van der Waals surface area contributed by atoms with E-state index in [4.69, 9.17) is 14.2 Å². The largest absolute Gasteiger partial charge is 1.00 e. The summed E-state index contributed by atoms with van der Waals surface area (Å²) in [5.41, 5.74) is 3.17. The number of methoxy groups -OCH3 is 3. The van der Waals surface area contributed by atoms with Gasteiger partial charge in [0.05, 0.1) is 39.0 Å². The van der Waals surface area contributed by atoms with E-state index in [1.165, 1.54) is 33.5 Å². The predicted molar refractivity (Wildman–Crippen MR) is 144 cm³/mol. The summed E-state index contributed by atoms with van der Waals surface area (Å²) < 4.78 is 24.6. The number of carboxylic acid groups (broad SMARTS) is 1. The van der Waals surface area contributed by atoms with Crippen molar-refractivity contribution in [3.05, 3.63) is 76.9 Å². The molecule has 4 aromatic rings. The van der Waals surface area contributed by atoms with Gasteiger partial charge in [-0.3, -0.25) is 4.79 Å². The number of carbonyl (C=O) groups is 2. The summed E-state index contributed by atoms with van der Waals surface area (Å²) in [6.07, 6.45) is 0.0415. The molecule has 1 heterocycles. The average molecular weight is 556 g/mol. The zero-order chi connectivity index (χ0) is 27.4. The van der Waals surface area contributed by atoms with Gasteiger partial charge in [0.25, 0.3) is 0 Å². The van der Waals surface area contributed by atoms with Crippen LogP contribution in [0.4, 0.5) is 5.69 Å². The molecular weight excluding hydrogens is 529 g/mol. The van der Waals surface area contributed by atoms with E-state index in [0.29, 0.717) is 22.3 Å². The second-order valence-corrected chi connectivity index (χ2v) is 9.12. The molecule has 0 saturated heterocycles. The van der Waals surface area contributed by atoms with E-state index in [1.54, 1.807) is 18.2 Å². The first-order valence-electron chi connectivity index (χ1n) is 11.6. The number of hydrogen-bond acceptors (Lipinski definition) is 10. The number of aliphatic carboxylic acids is 1. The maximum atomic E-state index is 14.1. The van der Waals surface area contributed by atoms with Crippen LogP contribution in [0.5, 0.6) is 17.2 Å². The van der Waals surface area contributed by atoms with Crippen molar-refractivity contribution in [1.82, 2.24) is 8.75 Å². The summed E-state index contributed by atoms with van der Waals surface area (Å²) in [6, 6.07) is 15.4. The van der Waals surface area contributed by atoms with Gasteiger partial charge in [0, 0.05) is 42.9 Å². The molecule has 0 fully saturated rings. The van der Waals surface area contributed by atoms with Gasteiger partial charge in [-0.15, -0.1) is 0 Å². The molecule has 4 rings (SSSR count). The van der Waals surface area contributed by atoms with E-state index in [1.807, 2.05) is 43.3 Å². The molecule has 0 atom stereocenters. The van der Waals surface area contributed by atoms with Crippen molar-refractivity contribution >= 4 is 45.8 Å². The SMILES string of the molecule is COc1cc(C(=O)C(Cc2ccc(N(C)C)cc2)=C(C(=O)[O-])c2ccc3nsnc3c2)cc(OC)c1OC.[Na+]. The van der Waals surface area contributed by atoms with E-state index in [0.717, 1.165) is 23.0 Å². The van der Waals surface area contributed by atoms with E-state index < -0.39 is 11.8 Å². The molecule has 0 saturated carbocycles. The molecule has 0 unspecified atom stereocenters. The van der Waals surface area contributed by atoms with Crippen molar-refractivity contribution in [1.29, 1.82) is 0 Å². The molecule has 0 amide bonds. The molecule has 0 aliphatic carbocycles. The molecule has 0 N–H and O–H groups in total. The molecule has 0 aliphatic heterocycles. The van der Waals surface area contributed by atoms with Crippen LogP contribution in [0.15, 0.2) is 60.2 Å². The number of benzene rings is 3. The number of carboxylic acids is 1. The van der Waals surface area contributed by atoms with E-state index >= 15 is 0 Å². The molecule has 9 nitrogen and oxygen atoms in total. The number of aromatic nitrogens is 2. The first kappa shape index (κ1) is 30.1. The summed E-state index contributed by atoms with van der Waals surface area (Å²) in [4.78, 5) is 28.6. The number of ether oxygens (including phenoxy) is 3. The Kier molecular flexibility index (Phi) is 10.1. The molecule has 0 bridgehead atoms. The number of nitrogens with zero attached hydrogens (tertiary/aromatic N) is 3. The zero-order valence-electron chi connectivity index (χ0n) is 22.6. The Hall–Kier alpha value is -3.44. The van der Waals surface area contributed by atoms with Crippen LogP contribution >= 0.6 is 11.7 Å². The number of rotatable bonds is 10. The molecule has 3 aromatic carbocycles. The normalized spacial score (nSPS) is 11.3. The Morgan fingerprint density at radius 1 is 0.846 bits per heavy atom. The number of hydrogen-bond donors (Lipinski definition) is 0. The minimum absolute atomic E-state index is 0. The van der Waals surface area contributed by atoms with Crippen LogP contribution < -0.4 is 53.8 Å². The Bertz CT molecular complexity index is 1510. The van der Waals surface area contributed by atoms with Gasteiger partial charge in [-0.2, -0.15) is 8.75 Å². The summed E-state index contributed by atoms with van der Waals surface area (Å²) >= 11 is 1.02. The minimum atomic E-state index is -1.48. The first-order chi connectivity index (χ1) is 18.3. The van der Waals surface area contributed by atoms with Gasteiger partial charge in [-0.1, -0.05) is 18.2 Å². The fourth-order valence-electron chi connectivity index (χ4n) is 4.14. The fraction of sp³-hybridized carbons (Fsp3) is 0.214. The summed E-state index contributed by atoms with van der Waals surface area (Å²) in [5.74, 6) is -1.13. The summed E-state index contributed by atoms with van der Waals surface area (Å²) in [6.45, 7) is 0.